The Balaban J connectivity index is 1.42. The first-order valence-electron chi connectivity index (χ1n) is 24.2. The predicted octanol–water partition coefficient (Wildman–Crippen LogP) is -2.02. The highest BCUT2D eigenvalue weighted by Crippen LogP contribution is 2.20. The van der Waals surface area contributed by atoms with Gasteiger partial charge in [-0.15, -0.1) is 5.10 Å². The number of guanidine groups is 1. The minimum atomic E-state index is -1.90. The number of aliphatic carboxylic acids is 5. The molecule has 0 aliphatic carbocycles. The minimum Gasteiger partial charge on any atom is -0.481 e. The van der Waals surface area contributed by atoms with Gasteiger partial charge < -0.3 is 64.0 Å². The summed E-state index contributed by atoms with van der Waals surface area (Å²) in [5.74, 6) is -19.5. The number of ketones is 3. The number of aromatic amines is 1. The van der Waals surface area contributed by atoms with Gasteiger partial charge in [0.15, 0.2) is 28.7 Å². The van der Waals surface area contributed by atoms with Crippen molar-refractivity contribution in [1.82, 2.24) is 50.9 Å². The number of hydrogen-bond acceptors (Lipinski definition) is 20. The predicted molar refractivity (Wildman–Crippen MR) is 271 cm³/mol. The molecular weight excluding hydrogens is 1050 g/mol. The molecule has 0 saturated carbocycles. The molecule has 0 saturated heterocycles. The molecule has 4 aromatic rings. The number of aromatic nitrogens is 7. The molecule has 0 spiro atoms. The van der Waals surface area contributed by atoms with Crippen LogP contribution in [0.3, 0.4) is 0 Å². The number of nitrogens with two attached hydrogens (primary N) is 3. The number of hydrogen-bond donors (Lipinski definition) is 13. The summed E-state index contributed by atoms with van der Waals surface area (Å²) < 4.78 is 1.40. The van der Waals surface area contributed by atoms with E-state index in [1.165, 1.54) is 41.3 Å². The van der Waals surface area contributed by atoms with Crippen molar-refractivity contribution < 1.29 is 78.3 Å². The summed E-state index contributed by atoms with van der Waals surface area (Å²) in [6, 6.07) is 0.546. The number of anilines is 2. The molecule has 0 bridgehead atoms. The van der Waals surface area contributed by atoms with Gasteiger partial charge in [-0.05, 0) is 50.5 Å². The fraction of sp³-hybridized carbons (Fsp3) is 0.447. The van der Waals surface area contributed by atoms with Gasteiger partial charge in [-0.1, -0.05) is 5.21 Å². The minimum absolute atomic E-state index is 0.0179. The van der Waals surface area contributed by atoms with Crippen LogP contribution < -0.4 is 44.0 Å². The molecule has 4 rings (SSSR count). The molecule has 32 nitrogen and oxygen atoms in total. The Labute approximate surface area is 446 Å². The van der Waals surface area contributed by atoms with Crippen LogP contribution in [0.1, 0.15) is 92.9 Å². The number of nitrogens with one attached hydrogen (secondary N) is 5. The van der Waals surface area contributed by atoms with E-state index >= 15 is 0 Å². The topological polar surface area (TPSA) is 530 Å². The van der Waals surface area contributed by atoms with Gasteiger partial charge in [0.2, 0.25) is 17.8 Å². The SMILES string of the molecule is CCn1cc(C[C@H](CC(=O)[C@H](CC(=O)O)NC(=O)[C@H](CC(=O)O)CC(=O)[C@H](CCCN=C(N)N)NC(=O)[C@H](CC(=O)O)CC(=O)CC[C@H](NC(=O)c2ccc(NCc3cnc4nc(N)[nH]c(=O)c4n3)cc2)C(=O)O)C(=O)O)nn1. The van der Waals surface area contributed by atoms with E-state index in [-0.39, 0.29) is 66.7 Å². The first-order valence-corrected chi connectivity index (χ1v) is 24.2. The number of aryl methyl sites for hydroxylation is 1. The van der Waals surface area contributed by atoms with Crippen molar-refractivity contribution in [2.75, 3.05) is 17.6 Å². The van der Waals surface area contributed by atoms with Crippen molar-refractivity contribution in [3.8, 4) is 0 Å². The summed E-state index contributed by atoms with van der Waals surface area (Å²) in [5, 5.41) is 66.2. The van der Waals surface area contributed by atoms with Crippen LogP contribution in [-0.4, -0.2) is 156 Å². The number of Topliss-reactive ketones (excluding diaryl/α,β-unsaturated/α-hetero) is 3. The fourth-order valence-electron chi connectivity index (χ4n) is 7.78. The molecule has 32 heteroatoms. The summed E-state index contributed by atoms with van der Waals surface area (Å²) >= 11 is 0. The number of carbonyl (C=O) groups is 11. The quantitative estimate of drug-likeness (QED) is 0.0134. The lowest BCUT2D eigenvalue weighted by atomic mass is 9.90. The van der Waals surface area contributed by atoms with E-state index in [0.717, 1.165) is 0 Å². The van der Waals surface area contributed by atoms with Crippen LogP contribution >= 0.6 is 0 Å². The third-order valence-electron chi connectivity index (χ3n) is 11.8. The number of carboxylic acid groups (broad SMARTS) is 5. The average Bonchev–Trinajstić information content (AvgIpc) is 3.85. The van der Waals surface area contributed by atoms with E-state index in [2.05, 4.69) is 56.5 Å². The van der Waals surface area contributed by atoms with Gasteiger partial charge in [0.1, 0.15) is 11.8 Å². The van der Waals surface area contributed by atoms with Crippen LogP contribution in [0, 0.1) is 17.8 Å². The normalized spacial score (nSPS) is 13.3. The van der Waals surface area contributed by atoms with Crippen molar-refractivity contribution in [3.63, 3.8) is 0 Å². The van der Waals surface area contributed by atoms with Crippen molar-refractivity contribution in [3.05, 3.63) is 64.0 Å². The Morgan fingerprint density at radius 2 is 1.32 bits per heavy atom. The largest absolute Gasteiger partial charge is 0.481 e. The summed E-state index contributed by atoms with van der Waals surface area (Å²) in [6.45, 7) is 2.11. The van der Waals surface area contributed by atoms with Crippen LogP contribution in [0.2, 0.25) is 0 Å². The second-order valence-corrected chi connectivity index (χ2v) is 18.0. The Hall–Kier alpha value is -9.78. The van der Waals surface area contributed by atoms with Crippen molar-refractivity contribution in [1.29, 1.82) is 0 Å². The molecule has 6 atom stereocenters. The monoisotopic (exact) mass is 1110 g/mol. The molecule has 424 valence electrons. The number of amides is 3. The zero-order valence-electron chi connectivity index (χ0n) is 42.3. The molecule has 1 aromatic carbocycles. The van der Waals surface area contributed by atoms with Gasteiger partial charge in [0, 0.05) is 62.6 Å². The second-order valence-electron chi connectivity index (χ2n) is 18.0. The smallest absolute Gasteiger partial charge is 0.326 e. The zero-order valence-corrected chi connectivity index (χ0v) is 42.3. The maximum atomic E-state index is 14.0. The van der Waals surface area contributed by atoms with Crippen LogP contribution in [0.5, 0.6) is 0 Å². The molecule has 16 N–H and O–H groups in total. The number of carboxylic acids is 5. The highest BCUT2D eigenvalue weighted by Gasteiger charge is 2.36. The molecule has 0 unspecified atom stereocenters. The average molecular weight is 1110 g/mol. The highest BCUT2D eigenvalue weighted by atomic mass is 16.4. The van der Waals surface area contributed by atoms with Gasteiger partial charge in [0.05, 0.1) is 73.2 Å². The van der Waals surface area contributed by atoms with Crippen molar-refractivity contribution in [2.45, 2.75) is 109 Å². The van der Waals surface area contributed by atoms with E-state index in [9.17, 15) is 83.1 Å². The third-order valence-corrected chi connectivity index (χ3v) is 11.8. The first-order chi connectivity index (χ1) is 37.3. The molecular formula is C47H59N15O17. The number of benzene rings is 1. The van der Waals surface area contributed by atoms with Crippen LogP contribution in [-0.2, 0) is 67.5 Å². The number of rotatable bonds is 35. The van der Waals surface area contributed by atoms with Gasteiger partial charge in [-0.3, -0.25) is 67.4 Å². The summed E-state index contributed by atoms with van der Waals surface area (Å²) in [4.78, 5) is 172. The second kappa shape index (κ2) is 29.5. The maximum Gasteiger partial charge on any atom is 0.326 e. The Morgan fingerprint density at radius 3 is 1.90 bits per heavy atom. The van der Waals surface area contributed by atoms with Gasteiger partial charge in [-0.25, -0.2) is 14.8 Å². The number of aliphatic imine (C=N–C) groups is 1. The van der Waals surface area contributed by atoms with E-state index in [1.54, 1.807) is 6.92 Å². The summed E-state index contributed by atoms with van der Waals surface area (Å²) in [7, 11) is 0. The summed E-state index contributed by atoms with van der Waals surface area (Å²) in [5.41, 5.74) is 16.8. The molecule has 0 aliphatic rings. The van der Waals surface area contributed by atoms with E-state index in [4.69, 9.17) is 17.2 Å². The van der Waals surface area contributed by atoms with E-state index in [1.807, 2.05) is 0 Å². The van der Waals surface area contributed by atoms with Crippen LogP contribution in [0.25, 0.3) is 11.2 Å². The highest BCUT2D eigenvalue weighted by molar-refractivity contribution is 5.99. The lowest BCUT2D eigenvalue weighted by molar-refractivity contribution is -0.146. The lowest BCUT2D eigenvalue weighted by Gasteiger charge is -2.24. The molecule has 0 radical (unpaired) electrons. The molecule has 0 aliphatic heterocycles. The number of nitrogens with zero attached hydrogens (tertiary/aromatic N) is 7. The molecule has 3 heterocycles. The fourth-order valence-corrected chi connectivity index (χ4v) is 7.78. The van der Waals surface area contributed by atoms with Crippen molar-refractivity contribution >= 4 is 93.7 Å². The third kappa shape index (κ3) is 20.4. The molecule has 3 aromatic heterocycles. The van der Waals surface area contributed by atoms with E-state index in [0.29, 0.717) is 17.9 Å². The van der Waals surface area contributed by atoms with Gasteiger partial charge in [0.25, 0.3) is 11.5 Å². The van der Waals surface area contributed by atoms with Crippen LogP contribution in [0.4, 0.5) is 11.6 Å². The Kier molecular flexibility index (Phi) is 23.1. The number of fused-ring (bicyclic) bond motifs is 1. The molecule has 3 amide bonds. The number of H-pyrrole nitrogens is 1. The number of nitrogen functional groups attached to an aromatic ring is 1. The number of carbonyl (C=O) groups excluding carboxylic acids is 6. The zero-order chi connectivity index (χ0) is 58.5. The molecule has 0 fully saturated rings. The summed E-state index contributed by atoms with van der Waals surface area (Å²) in [6.07, 6.45) is -4.66. The van der Waals surface area contributed by atoms with Crippen LogP contribution in [0.15, 0.2) is 46.4 Å². The maximum absolute atomic E-state index is 14.0. The first kappa shape index (κ1) is 61.8. The van der Waals surface area contributed by atoms with Crippen molar-refractivity contribution in [2.24, 2.45) is 34.2 Å². The Morgan fingerprint density at radius 1 is 0.709 bits per heavy atom. The lowest BCUT2D eigenvalue weighted by Crippen LogP contribution is -2.48. The standard InChI is InChI=1S/C47H59N15O17/c1-2-62-21-27(60-61-62)12-25(44(76)77)15-34(65)32(18-37(70)71)57-42(74)24(17-36(68)69)14-33(64)30(4-3-11-51-46(48)49)55-41(73)23(16-35(66)67)13-29(63)9-10-31(45(78)79)56-40(72)22-5-7-26(8-6-22)52-19-28-20-53-39-38(54-28)43(75)59-47(50)58-39/h5-8,20-21,23-25,30-32,52H,2-4,9-19H2,1H3,(H,55,73)(H,56,72)(H,57,74)(H,66,67)(H,68,69)(H,70,71)(H,76,77)(H,78,79)(H4,48,49,51)(H3,50,53,58,59,75)/t23-,24-,25+,30-,31-,32-/m0/s1. The van der Waals surface area contributed by atoms with Gasteiger partial charge >= 0.3 is 29.8 Å². The van der Waals surface area contributed by atoms with Gasteiger partial charge in [-0.2, -0.15) is 4.98 Å². The van der Waals surface area contributed by atoms with E-state index < -0.39 is 158 Å². The Bertz CT molecular complexity index is 3010. The molecule has 79 heavy (non-hydrogen) atoms.